The summed E-state index contributed by atoms with van der Waals surface area (Å²) in [6.07, 6.45) is 2.04. The number of nitrogens with zero attached hydrogens (tertiary/aromatic N) is 2. The van der Waals surface area contributed by atoms with E-state index >= 15 is 0 Å². The molecule has 2 rings (SSSR count). The van der Waals surface area contributed by atoms with Crippen molar-refractivity contribution in [3.05, 3.63) is 23.8 Å². The van der Waals surface area contributed by atoms with Crippen LogP contribution in [0.25, 0.3) is 0 Å². The maximum Gasteiger partial charge on any atom is 0.337 e. The minimum Gasteiger partial charge on any atom is -0.478 e. The standard InChI is InChI=1S/C22H34N4O4/c1-5-6-9-23-19(27)15-25-10-12-26(13-11-25)16-7-8-18(17(14-16)20(28)29)24-21(30)22(2,3)4/h7-8,14H,5-6,9-13,15H2,1-4H3,(H,23,27)(H,24,30)(H,28,29). The van der Waals surface area contributed by atoms with E-state index in [1.54, 1.807) is 32.9 Å². The van der Waals surface area contributed by atoms with Crippen molar-refractivity contribution in [3.63, 3.8) is 0 Å². The first kappa shape index (κ1) is 23.7. The number of anilines is 2. The molecular formula is C22H34N4O4. The molecule has 1 aliphatic rings. The molecule has 1 heterocycles. The number of nitrogens with one attached hydrogen (secondary N) is 2. The molecule has 3 N–H and O–H groups in total. The van der Waals surface area contributed by atoms with Gasteiger partial charge in [0.1, 0.15) is 0 Å². The molecule has 1 saturated heterocycles. The van der Waals surface area contributed by atoms with Crippen molar-refractivity contribution in [2.75, 3.05) is 49.5 Å². The van der Waals surface area contributed by atoms with Crippen molar-refractivity contribution in [1.82, 2.24) is 10.2 Å². The maximum atomic E-state index is 12.2. The summed E-state index contributed by atoms with van der Waals surface area (Å²) in [5.41, 5.74) is 0.553. The highest BCUT2D eigenvalue weighted by atomic mass is 16.4. The molecule has 0 aromatic heterocycles. The average Bonchev–Trinajstić information content (AvgIpc) is 2.68. The van der Waals surface area contributed by atoms with E-state index < -0.39 is 11.4 Å². The molecule has 1 aromatic carbocycles. The highest BCUT2D eigenvalue weighted by molar-refractivity contribution is 6.02. The van der Waals surface area contributed by atoms with Crippen molar-refractivity contribution >= 4 is 29.2 Å². The Hall–Kier alpha value is -2.61. The molecule has 0 unspecified atom stereocenters. The first-order valence-corrected chi connectivity index (χ1v) is 10.5. The normalized spacial score (nSPS) is 15.0. The predicted octanol–water partition coefficient (Wildman–Crippen LogP) is 2.41. The highest BCUT2D eigenvalue weighted by Crippen LogP contribution is 2.26. The van der Waals surface area contributed by atoms with Gasteiger partial charge < -0.3 is 20.6 Å². The van der Waals surface area contributed by atoms with Crippen molar-refractivity contribution in [3.8, 4) is 0 Å². The fourth-order valence-corrected chi connectivity index (χ4v) is 3.15. The summed E-state index contributed by atoms with van der Waals surface area (Å²) >= 11 is 0. The van der Waals surface area contributed by atoms with Crippen LogP contribution in [0.4, 0.5) is 11.4 Å². The molecule has 1 fully saturated rings. The van der Waals surface area contributed by atoms with E-state index in [4.69, 9.17) is 0 Å². The van der Waals surface area contributed by atoms with E-state index in [0.29, 0.717) is 31.9 Å². The van der Waals surface area contributed by atoms with Crippen LogP contribution >= 0.6 is 0 Å². The van der Waals surface area contributed by atoms with Gasteiger partial charge >= 0.3 is 5.97 Å². The number of amides is 2. The van der Waals surface area contributed by atoms with Crippen LogP contribution in [0.5, 0.6) is 0 Å². The molecule has 1 aliphatic heterocycles. The molecule has 8 heteroatoms. The van der Waals surface area contributed by atoms with E-state index in [1.165, 1.54) is 0 Å². The minimum absolute atomic E-state index is 0.0454. The van der Waals surface area contributed by atoms with Crippen LogP contribution in [-0.2, 0) is 9.59 Å². The summed E-state index contributed by atoms with van der Waals surface area (Å²) in [6.45, 7) is 11.4. The Morgan fingerprint density at radius 1 is 1.10 bits per heavy atom. The van der Waals surface area contributed by atoms with E-state index in [2.05, 4.69) is 27.4 Å². The molecule has 0 radical (unpaired) electrons. The second-order valence-electron chi connectivity index (χ2n) is 8.71. The summed E-state index contributed by atoms with van der Waals surface area (Å²) in [4.78, 5) is 40.2. The van der Waals surface area contributed by atoms with E-state index in [1.807, 2.05) is 6.07 Å². The Balaban J connectivity index is 1.99. The number of carboxylic acid groups (broad SMARTS) is 1. The Morgan fingerprint density at radius 2 is 1.77 bits per heavy atom. The third-order valence-corrected chi connectivity index (χ3v) is 5.12. The largest absolute Gasteiger partial charge is 0.478 e. The molecule has 0 spiro atoms. The number of aromatic carboxylic acids is 1. The van der Waals surface area contributed by atoms with Gasteiger partial charge in [-0.3, -0.25) is 14.5 Å². The van der Waals surface area contributed by atoms with Crippen LogP contribution in [0, 0.1) is 5.41 Å². The molecule has 166 valence electrons. The summed E-state index contributed by atoms with van der Waals surface area (Å²) in [7, 11) is 0. The van der Waals surface area contributed by atoms with Gasteiger partial charge in [0.15, 0.2) is 0 Å². The number of unbranched alkanes of at least 4 members (excludes halogenated alkanes) is 1. The predicted molar refractivity (Wildman–Crippen MR) is 118 cm³/mol. The molecule has 0 bridgehead atoms. The monoisotopic (exact) mass is 418 g/mol. The average molecular weight is 419 g/mol. The van der Waals surface area contributed by atoms with Gasteiger partial charge in [0.2, 0.25) is 11.8 Å². The SMILES string of the molecule is CCCCNC(=O)CN1CCN(c2ccc(NC(=O)C(C)(C)C)c(C(=O)O)c2)CC1. The summed E-state index contributed by atoms with van der Waals surface area (Å²) in [5.74, 6) is -1.27. The summed E-state index contributed by atoms with van der Waals surface area (Å²) in [6, 6.07) is 5.08. The van der Waals surface area contributed by atoms with Crippen LogP contribution in [-0.4, -0.2) is 67.1 Å². The van der Waals surface area contributed by atoms with E-state index in [0.717, 1.165) is 31.6 Å². The van der Waals surface area contributed by atoms with Crippen LogP contribution in [0.3, 0.4) is 0 Å². The molecule has 0 aliphatic carbocycles. The quantitative estimate of drug-likeness (QED) is 0.561. The van der Waals surface area contributed by atoms with Gasteiger partial charge in [-0.05, 0) is 24.6 Å². The minimum atomic E-state index is -1.08. The highest BCUT2D eigenvalue weighted by Gasteiger charge is 2.24. The fourth-order valence-electron chi connectivity index (χ4n) is 3.15. The molecular weight excluding hydrogens is 384 g/mol. The lowest BCUT2D eigenvalue weighted by Crippen LogP contribution is -2.49. The number of rotatable bonds is 8. The third kappa shape index (κ3) is 6.73. The Morgan fingerprint density at radius 3 is 2.33 bits per heavy atom. The van der Waals surface area contributed by atoms with Gasteiger partial charge in [-0.25, -0.2) is 4.79 Å². The van der Waals surface area contributed by atoms with E-state index in [9.17, 15) is 19.5 Å². The third-order valence-electron chi connectivity index (χ3n) is 5.12. The van der Waals surface area contributed by atoms with Crippen LogP contribution < -0.4 is 15.5 Å². The molecule has 2 amide bonds. The van der Waals surface area contributed by atoms with Crippen LogP contribution in [0.1, 0.15) is 50.9 Å². The van der Waals surface area contributed by atoms with E-state index in [-0.39, 0.29) is 17.4 Å². The Kier molecular flexibility index (Phi) is 8.23. The van der Waals surface area contributed by atoms with Crippen LogP contribution in [0.2, 0.25) is 0 Å². The van der Waals surface area contributed by atoms with Gasteiger partial charge in [-0.15, -0.1) is 0 Å². The zero-order valence-electron chi connectivity index (χ0n) is 18.5. The zero-order valence-corrected chi connectivity index (χ0v) is 18.5. The summed E-state index contributed by atoms with van der Waals surface area (Å²) in [5, 5.41) is 15.3. The van der Waals surface area contributed by atoms with Gasteiger partial charge in [0, 0.05) is 43.8 Å². The summed E-state index contributed by atoms with van der Waals surface area (Å²) < 4.78 is 0. The topological polar surface area (TPSA) is 102 Å². The van der Waals surface area contributed by atoms with Gasteiger partial charge in [-0.2, -0.15) is 0 Å². The first-order chi connectivity index (χ1) is 14.1. The Bertz CT molecular complexity index is 765. The number of carbonyl (C=O) groups excluding carboxylic acids is 2. The number of carboxylic acids is 1. The van der Waals surface area contributed by atoms with Gasteiger partial charge in [0.25, 0.3) is 0 Å². The van der Waals surface area contributed by atoms with Crippen molar-refractivity contribution in [1.29, 1.82) is 0 Å². The van der Waals surface area contributed by atoms with Crippen molar-refractivity contribution < 1.29 is 19.5 Å². The lowest BCUT2D eigenvalue weighted by molar-refractivity contribution is -0.123. The molecule has 30 heavy (non-hydrogen) atoms. The van der Waals surface area contributed by atoms with Gasteiger partial charge in [-0.1, -0.05) is 34.1 Å². The second-order valence-corrected chi connectivity index (χ2v) is 8.71. The number of hydrogen-bond donors (Lipinski definition) is 3. The fraction of sp³-hybridized carbons (Fsp3) is 0.591. The Labute approximate surface area is 178 Å². The second kappa shape index (κ2) is 10.4. The van der Waals surface area contributed by atoms with Gasteiger partial charge in [0.05, 0.1) is 17.8 Å². The number of benzene rings is 1. The first-order valence-electron chi connectivity index (χ1n) is 10.5. The molecule has 0 atom stereocenters. The molecule has 0 saturated carbocycles. The van der Waals surface area contributed by atoms with Crippen molar-refractivity contribution in [2.24, 2.45) is 5.41 Å². The zero-order chi connectivity index (χ0) is 22.3. The smallest absolute Gasteiger partial charge is 0.337 e. The lowest BCUT2D eigenvalue weighted by atomic mass is 9.95. The number of carbonyl (C=O) groups is 3. The molecule has 8 nitrogen and oxygen atoms in total. The van der Waals surface area contributed by atoms with Crippen molar-refractivity contribution in [2.45, 2.75) is 40.5 Å². The van der Waals surface area contributed by atoms with Crippen LogP contribution in [0.15, 0.2) is 18.2 Å². The number of piperazine rings is 1. The number of hydrogen-bond acceptors (Lipinski definition) is 5. The lowest BCUT2D eigenvalue weighted by Gasteiger charge is -2.36. The molecule has 1 aromatic rings. The maximum absolute atomic E-state index is 12.2.